The number of fused-ring (bicyclic) bond motifs is 1. The van der Waals surface area contributed by atoms with Crippen LogP contribution in [-0.4, -0.2) is 22.2 Å². The van der Waals surface area contributed by atoms with Gasteiger partial charge < -0.3 is 4.74 Å². The zero-order chi connectivity index (χ0) is 14.1. The number of hydrogen-bond acceptors (Lipinski definition) is 3. The third-order valence-corrected chi connectivity index (χ3v) is 3.68. The molecule has 3 rings (SSSR count). The van der Waals surface area contributed by atoms with Gasteiger partial charge in [0.15, 0.2) is 0 Å². The number of rotatable bonds is 4. The number of ketones is 1. The van der Waals surface area contributed by atoms with Crippen LogP contribution < -0.4 is 4.74 Å². The van der Waals surface area contributed by atoms with E-state index < -0.39 is 0 Å². The number of hydrogen-bond donors (Lipinski definition) is 0. The Morgan fingerprint density at radius 1 is 1.40 bits per heavy atom. The number of aromatic nitrogens is 2. The lowest BCUT2D eigenvalue weighted by Crippen LogP contribution is -2.11. The van der Waals surface area contributed by atoms with Crippen molar-refractivity contribution < 1.29 is 9.53 Å². The Bertz CT molecular complexity index is 658. The van der Waals surface area contributed by atoms with Crippen LogP contribution in [0.1, 0.15) is 41.2 Å². The molecule has 4 heteroatoms. The second-order valence-corrected chi connectivity index (χ2v) is 4.91. The summed E-state index contributed by atoms with van der Waals surface area (Å²) in [7, 11) is 0. The SMILES string of the molecule is CCc1cc(C(=O)c2cccc3c2OCC3)n(CC)n1. The Hall–Kier alpha value is -2.10. The molecule has 0 aliphatic carbocycles. The molecular formula is C16H18N2O2. The molecule has 0 spiro atoms. The number of nitrogens with zero attached hydrogens (tertiary/aromatic N) is 2. The van der Waals surface area contributed by atoms with Crippen molar-refractivity contribution >= 4 is 5.78 Å². The maximum Gasteiger partial charge on any atom is 0.214 e. The lowest BCUT2D eigenvalue weighted by molar-refractivity contribution is 0.102. The van der Waals surface area contributed by atoms with Crippen molar-refractivity contribution in [2.45, 2.75) is 33.2 Å². The minimum Gasteiger partial charge on any atom is -0.492 e. The van der Waals surface area contributed by atoms with E-state index in [1.54, 1.807) is 4.68 Å². The van der Waals surface area contributed by atoms with Crippen molar-refractivity contribution in [3.05, 3.63) is 46.8 Å². The molecule has 0 atom stereocenters. The van der Waals surface area contributed by atoms with Gasteiger partial charge in [-0.15, -0.1) is 0 Å². The van der Waals surface area contributed by atoms with E-state index in [1.165, 1.54) is 0 Å². The highest BCUT2D eigenvalue weighted by Gasteiger charge is 2.23. The topological polar surface area (TPSA) is 44.1 Å². The molecular weight excluding hydrogens is 252 g/mol. The molecule has 0 radical (unpaired) electrons. The van der Waals surface area contributed by atoms with Gasteiger partial charge in [-0.25, -0.2) is 0 Å². The largest absolute Gasteiger partial charge is 0.492 e. The van der Waals surface area contributed by atoms with Crippen molar-refractivity contribution in [2.75, 3.05) is 6.61 Å². The van der Waals surface area contributed by atoms with Gasteiger partial charge in [-0.05, 0) is 31.0 Å². The Kier molecular flexibility index (Phi) is 3.30. The van der Waals surface area contributed by atoms with Gasteiger partial charge in [-0.3, -0.25) is 9.48 Å². The van der Waals surface area contributed by atoms with Gasteiger partial charge in [0.2, 0.25) is 5.78 Å². The highest BCUT2D eigenvalue weighted by Crippen LogP contribution is 2.31. The lowest BCUT2D eigenvalue weighted by atomic mass is 10.0. The van der Waals surface area contributed by atoms with Gasteiger partial charge in [-0.1, -0.05) is 19.1 Å². The van der Waals surface area contributed by atoms with Crippen molar-refractivity contribution in [3.8, 4) is 5.75 Å². The van der Waals surface area contributed by atoms with Crippen LogP contribution in [0.4, 0.5) is 0 Å². The van der Waals surface area contributed by atoms with Crippen LogP contribution in [0.25, 0.3) is 0 Å². The molecule has 0 amide bonds. The van der Waals surface area contributed by atoms with Crippen LogP contribution in [0.5, 0.6) is 5.75 Å². The van der Waals surface area contributed by atoms with Crippen LogP contribution in [0.2, 0.25) is 0 Å². The average Bonchev–Trinajstić information content (AvgIpc) is 3.11. The summed E-state index contributed by atoms with van der Waals surface area (Å²) in [6, 6.07) is 7.67. The standard InChI is InChI=1S/C16H18N2O2/c1-3-12-10-14(18(4-2)17-12)15(19)13-7-5-6-11-8-9-20-16(11)13/h5-7,10H,3-4,8-9H2,1-2H3. The first-order valence-corrected chi connectivity index (χ1v) is 7.10. The monoisotopic (exact) mass is 270 g/mol. The average molecular weight is 270 g/mol. The fourth-order valence-electron chi connectivity index (χ4n) is 2.60. The summed E-state index contributed by atoms with van der Waals surface area (Å²) in [6.07, 6.45) is 1.71. The number of benzene rings is 1. The van der Waals surface area contributed by atoms with E-state index in [4.69, 9.17) is 4.74 Å². The Labute approximate surface area is 118 Å². The molecule has 1 aromatic heterocycles. The Morgan fingerprint density at radius 3 is 3.00 bits per heavy atom. The van der Waals surface area contributed by atoms with E-state index in [1.807, 2.05) is 38.1 Å². The smallest absolute Gasteiger partial charge is 0.214 e. The first-order chi connectivity index (χ1) is 9.74. The second kappa shape index (κ2) is 5.12. The van der Waals surface area contributed by atoms with Gasteiger partial charge in [-0.2, -0.15) is 5.10 Å². The number of ether oxygens (including phenoxy) is 1. The molecule has 0 bridgehead atoms. The van der Waals surface area contributed by atoms with Gasteiger partial charge in [0.05, 0.1) is 17.9 Å². The fourth-order valence-corrected chi connectivity index (χ4v) is 2.60. The summed E-state index contributed by atoms with van der Waals surface area (Å²) in [6.45, 7) is 5.39. The van der Waals surface area contributed by atoms with E-state index in [0.717, 1.165) is 29.8 Å². The van der Waals surface area contributed by atoms with Crippen molar-refractivity contribution in [2.24, 2.45) is 0 Å². The number of aryl methyl sites for hydroxylation is 2. The highest BCUT2D eigenvalue weighted by atomic mass is 16.5. The Morgan fingerprint density at radius 2 is 2.25 bits per heavy atom. The molecule has 0 fully saturated rings. The lowest BCUT2D eigenvalue weighted by Gasteiger charge is -2.08. The maximum atomic E-state index is 12.8. The van der Waals surface area contributed by atoms with Crippen molar-refractivity contribution in [1.82, 2.24) is 9.78 Å². The molecule has 4 nitrogen and oxygen atoms in total. The predicted molar refractivity (Wildman–Crippen MR) is 76.4 cm³/mol. The maximum absolute atomic E-state index is 12.8. The summed E-state index contributed by atoms with van der Waals surface area (Å²) < 4.78 is 7.40. The molecule has 0 N–H and O–H groups in total. The van der Waals surface area contributed by atoms with E-state index >= 15 is 0 Å². The predicted octanol–water partition coefficient (Wildman–Crippen LogP) is 2.63. The summed E-state index contributed by atoms with van der Waals surface area (Å²) in [4.78, 5) is 12.8. The minimum atomic E-state index is -0.00204. The summed E-state index contributed by atoms with van der Waals surface area (Å²) in [5.74, 6) is 0.747. The van der Waals surface area contributed by atoms with Gasteiger partial charge in [0.1, 0.15) is 11.4 Å². The molecule has 2 heterocycles. The van der Waals surface area contributed by atoms with Crippen LogP contribution in [0.15, 0.2) is 24.3 Å². The number of carbonyl (C=O) groups excluding carboxylic acids is 1. The van der Waals surface area contributed by atoms with Crippen molar-refractivity contribution in [3.63, 3.8) is 0 Å². The van der Waals surface area contributed by atoms with Crippen LogP contribution >= 0.6 is 0 Å². The summed E-state index contributed by atoms with van der Waals surface area (Å²) >= 11 is 0. The van der Waals surface area contributed by atoms with E-state index in [9.17, 15) is 4.79 Å². The first-order valence-electron chi connectivity index (χ1n) is 7.10. The summed E-state index contributed by atoms with van der Waals surface area (Å²) in [5.41, 5.74) is 3.36. The highest BCUT2D eigenvalue weighted by molar-refractivity contribution is 6.10. The molecule has 2 aromatic rings. The zero-order valence-electron chi connectivity index (χ0n) is 11.8. The van der Waals surface area contributed by atoms with Crippen LogP contribution in [-0.2, 0) is 19.4 Å². The van der Waals surface area contributed by atoms with Gasteiger partial charge >= 0.3 is 0 Å². The molecule has 0 saturated heterocycles. The van der Waals surface area contributed by atoms with E-state index in [2.05, 4.69) is 5.10 Å². The third-order valence-electron chi connectivity index (χ3n) is 3.68. The first kappa shape index (κ1) is 12.9. The molecule has 1 aromatic carbocycles. The molecule has 1 aliphatic heterocycles. The number of carbonyl (C=O) groups is 1. The second-order valence-electron chi connectivity index (χ2n) is 4.91. The molecule has 0 unspecified atom stereocenters. The molecule has 0 saturated carbocycles. The van der Waals surface area contributed by atoms with Crippen LogP contribution in [0, 0.1) is 0 Å². The zero-order valence-corrected chi connectivity index (χ0v) is 11.8. The molecule has 1 aliphatic rings. The normalized spacial score (nSPS) is 13.1. The van der Waals surface area contributed by atoms with E-state index in [0.29, 0.717) is 24.4 Å². The quantitative estimate of drug-likeness (QED) is 0.802. The van der Waals surface area contributed by atoms with E-state index in [-0.39, 0.29) is 5.78 Å². The van der Waals surface area contributed by atoms with Crippen molar-refractivity contribution in [1.29, 1.82) is 0 Å². The number of para-hydroxylation sites is 1. The van der Waals surface area contributed by atoms with Gasteiger partial charge in [0, 0.05) is 13.0 Å². The molecule has 20 heavy (non-hydrogen) atoms. The fraction of sp³-hybridized carbons (Fsp3) is 0.375. The van der Waals surface area contributed by atoms with Crippen LogP contribution in [0.3, 0.4) is 0 Å². The minimum absolute atomic E-state index is 0.00204. The summed E-state index contributed by atoms with van der Waals surface area (Å²) in [5, 5.41) is 4.44. The van der Waals surface area contributed by atoms with Gasteiger partial charge in [0.25, 0.3) is 0 Å². The Balaban J connectivity index is 2.05. The third kappa shape index (κ3) is 2.01. The molecule has 104 valence electrons.